The smallest absolute Gasteiger partial charge is 0.326 e. The van der Waals surface area contributed by atoms with E-state index < -0.39 is 18.0 Å². The van der Waals surface area contributed by atoms with E-state index in [1.54, 1.807) is 19.2 Å². The molecule has 1 heterocycles. The summed E-state index contributed by atoms with van der Waals surface area (Å²) in [6.07, 6.45) is 1.48. The van der Waals surface area contributed by atoms with Gasteiger partial charge in [0.1, 0.15) is 12.4 Å². The second kappa shape index (κ2) is 6.51. The number of aryl methyl sites for hydroxylation is 1. The summed E-state index contributed by atoms with van der Waals surface area (Å²) >= 11 is 0. The molecule has 2 rings (SSSR count). The van der Waals surface area contributed by atoms with Gasteiger partial charge < -0.3 is 10.4 Å². The van der Waals surface area contributed by atoms with E-state index in [0.717, 1.165) is 5.56 Å². The molecule has 2 amide bonds. The van der Waals surface area contributed by atoms with Crippen molar-refractivity contribution in [2.45, 2.75) is 12.5 Å². The third-order valence-corrected chi connectivity index (χ3v) is 2.82. The van der Waals surface area contributed by atoms with E-state index in [0.29, 0.717) is 0 Å². The van der Waals surface area contributed by atoms with E-state index in [2.05, 4.69) is 20.7 Å². The number of amides is 2. The van der Waals surface area contributed by atoms with E-state index in [1.807, 2.05) is 18.2 Å². The number of aliphatic carboxylic acids is 1. The number of carboxylic acids is 1. The summed E-state index contributed by atoms with van der Waals surface area (Å²) in [4.78, 5) is 26.9. The van der Waals surface area contributed by atoms with E-state index in [1.165, 1.54) is 11.0 Å². The molecule has 0 radical (unpaired) electrons. The first kappa shape index (κ1) is 14.5. The number of rotatable bonds is 5. The number of urea groups is 1. The van der Waals surface area contributed by atoms with Crippen LogP contribution in [0.15, 0.2) is 36.7 Å². The zero-order chi connectivity index (χ0) is 15.2. The largest absolute Gasteiger partial charge is 0.480 e. The molecule has 0 aliphatic carbocycles. The number of hydrogen-bond donors (Lipinski definition) is 3. The molecule has 8 heteroatoms. The van der Waals surface area contributed by atoms with Crippen molar-refractivity contribution >= 4 is 17.9 Å². The average molecular weight is 289 g/mol. The lowest BCUT2D eigenvalue weighted by molar-refractivity contribution is -0.139. The van der Waals surface area contributed by atoms with Gasteiger partial charge in [-0.1, -0.05) is 30.3 Å². The predicted octanol–water partition coefficient (Wildman–Crippen LogP) is 0.632. The number of carboxylic acid groups (broad SMARTS) is 1. The molecule has 21 heavy (non-hydrogen) atoms. The molecule has 8 nitrogen and oxygen atoms in total. The van der Waals surface area contributed by atoms with Crippen molar-refractivity contribution in [1.29, 1.82) is 0 Å². The van der Waals surface area contributed by atoms with Crippen LogP contribution in [0.25, 0.3) is 0 Å². The van der Waals surface area contributed by atoms with Gasteiger partial charge in [0.25, 0.3) is 0 Å². The van der Waals surface area contributed by atoms with Crippen LogP contribution in [-0.2, 0) is 18.3 Å². The Morgan fingerprint density at radius 2 is 2.05 bits per heavy atom. The number of aromatic nitrogens is 3. The van der Waals surface area contributed by atoms with Crippen molar-refractivity contribution in [2.24, 2.45) is 7.05 Å². The molecule has 0 unspecified atom stereocenters. The highest BCUT2D eigenvalue weighted by molar-refractivity contribution is 5.90. The first-order valence-corrected chi connectivity index (χ1v) is 6.24. The highest BCUT2D eigenvalue weighted by Gasteiger charge is 2.21. The summed E-state index contributed by atoms with van der Waals surface area (Å²) in [7, 11) is 1.61. The number of nitrogens with one attached hydrogen (secondary N) is 2. The molecule has 0 spiro atoms. The molecule has 0 aliphatic heterocycles. The lowest BCUT2D eigenvalue weighted by atomic mass is 10.1. The van der Waals surface area contributed by atoms with Gasteiger partial charge in [0, 0.05) is 13.5 Å². The van der Waals surface area contributed by atoms with E-state index >= 15 is 0 Å². The summed E-state index contributed by atoms with van der Waals surface area (Å²) in [6.45, 7) is 0. The van der Waals surface area contributed by atoms with Gasteiger partial charge >= 0.3 is 12.0 Å². The molecule has 110 valence electrons. The number of carbonyl (C=O) groups is 2. The van der Waals surface area contributed by atoms with Crippen LogP contribution in [0.4, 0.5) is 10.7 Å². The van der Waals surface area contributed by atoms with Crippen molar-refractivity contribution in [2.75, 3.05) is 5.32 Å². The number of anilines is 1. The van der Waals surface area contributed by atoms with Crippen LogP contribution < -0.4 is 10.6 Å². The summed E-state index contributed by atoms with van der Waals surface area (Å²) in [5.41, 5.74) is 0.823. The number of benzene rings is 1. The summed E-state index contributed by atoms with van der Waals surface area (Å²) in [5, 5.41) is 17.8. The molecule has 0 saturated carbocycles. The Bertz CT molecular complexity index is 626. The van der Waals surface area contributed by atoms with Crippen LogP contribution in [0.1, 0.15) is 5.56 Å². The SMILES string of the molecule is Cn1ncnc1NC(=O)N[C@H](Cc1ccccc1)C(=O)O. The zero-order valence-electron chi connectivity index (χ0n) is 11.4. The predicted molar refractivity (Wildman–Crippen MR) is 74.7 cm³/mol. The minimum absolute atomic E-state index is 0.197. The number of hydrogen-bond acceptors (Lipinski definition) is 4. The van der Waals surface area contributed by atoms with Crippen molar-refractivity contribution in [3.63, 3.8) is 0 Å². The van der Waals surface area contributed by atoms with Gasteiger partial charge in [0.2, 0.25) is 5.95 Å². The van der Waals surface area contributed by atoms with Gasteiger partial charge in [-0.3, -0.25) is 5.32 Å². The fourth-order valence-corrected chi connectivity index (χ4v) is 1.76. The summed E-state index contributed by atoms with van der Waals surface area (Å²) < 4.78 is 1.37. The molecule has 0 aliphatic rings. The van der Waals surface area contributed by atoms with E-state index in [-0.39, 0.29) is 12.4 Å². The van der Waals surface area contributed by atoms with Crippen LogP contribution in [0.5, 0.6) is 0 Å². The molecule has 0 fully saturated rings. The van der Waals surface area contributed by atoms with Crippen LogP contribution >= 0.6 is 0 Å². The maximum absolute atomic E-state index is 11.8. The monoisotopic (exact) mass is 289 g/mol. The fourth-order valence-electron chi connectivity index (χ4n) is 1.76. The highest BCUT2D eigenvalue weighted by Crippen LogP contribution is 2.04. The fraction of sp³-hybridized carbons (Fsp3) is 0.231. The van der Waals surface area contributed by atoms with E-state index in [9.17, 15) is 14.7 Å². The maximum Gasteiger partial charge on any atom is 0.326 e. The van der Waals surface area contributed by atoms with Crippen molar-refractivity contribution in [1.82, 2.24) is 20.1 Å². The van der Waals surface area contributed by atoms with Gasteiger partial charge in [-0.15, -0.1) is 0 Å². The second-order valence-corrected chi connectivity index (χ2v) is 4.39. The molecule has 1 aromatic carbocycles. The van der Waals surface area contributed by atoms with Crippen LogP contribution in [0, 0.1) is 0 Å². The minimum Gasteiger partial charge on any atom is -0.480 e. The summed E-state index contributed by atoms with van der Waals surface area (Å²) in [5.74, 6) is -0.872. The van der Waals surface area contributed by atoms with Crippen LogP contribution in [-0.4, -0.2) is 37.9 Å². The van der Waals surface area contributed by atoms with Crippen LogP contribution in [0.2, 0.25) is 0 Å². The highest BCUT2D eigenvalue weighted by atomic mass is 16.4. The van der Waals surface area contributed by atoms with Gasteiger partial charge in [-0.25, -0.2) is 14.3 Å². The van der Waals surface area contributed by atoms with E-state index in [4.69, 9.17) is 0 Å². The molecule has 1 atom stereocenters. The molecular weight excluding hydrogens is 274 g/mol. The molecule has 0 saturated heterocycles. The molecule has 1 aromatic heterocycles. The Morgan fingerprint density at radius 1 is 1.33 bits per heavy atom. The van der Waals surface area contributed by atoms with Gasteiger partial charge in [0.15, 0.2) is 0 Å². The molecule has 3 N–H and O–H groups in total. The average Bonchev–Trinajstić information content (AvgIpc) is 2.84. The summed E-state index contributed by atoms with van der Waals surface area (Å²) in [6, 6.07) is 7.40. The Balaban J connectivity index is 1.98. The normalized spacial score (nSPS) is 11.7. The topological polar surface area (TPSA) is 109 Å². The quantitative estimate of drug-likeness (QED) is 0.748. The zero-order valence-corrected chi connectivity index (χ0v) is 11.4. The third-order valence-electron chi connectivity index (χ3n) is 2.82. The molecule has 0 bridgehead atoms. The third kappa shape index (κ3) is 4.03. The van der Waals surface area contributed by atoms with Crippen molar-refractivity contribution in [3.05, 3.63) is 42.2 Å². The number of nitrogens with zero attached hydrogens (tertiary/aromatic N) is 3. The Labute approximate surface area is 120 Å². The number of carbonyl (C=O) groups excluding carboxylic acids is 1. The Morgan fingerprint density at radius 3 is 2.62 bits per heavy atom. The molecule has 2 aromatic rings. The second-order valence-electron chi connectivity index (χ2n) is 4.39. The lowest BCUT2D eigenvalue weighted by Gasteiger charge is -2.14. The van der Waals surface area contributed by atoms with Gasteiger partial charge in [0.05, 0.1) is 0 Å². The van der Waals surface area contributed by atoms with Crippen LogP contribution in [0.3, 0.4) is 0 Å². The van der Waals surface area contributed by atoms with Gasteiger partial charge in [-0.2, -0.15) is 10.1 Å². The van der Waals surface area contributed by atoms with Crippen molar-refractivity contribution in [3.8, 4) is 0 Å². The lowest BCUT2D eigenvalue weighted by Crippen LogP contribution is -2.44. The first-order chi connectivity index (χ1) is 10.1. The van der Waals surface area contributed by atoms with Crippen molar-refractivity contribution < 1.29 is 14.7 Å². The first-order valence-electron chi connectivity index (χ1n) is 6.24. The maximum atomic E-state index is 11.8. The Kier molecular flexibility index (Phi) is 4.50. The molecular formula is C13H15N5O3. The standard InChI is InChI=1S/C13H15N5O3/c1-18-12(14-8-15-18)17-13(21)16-10(11(19)20)7-9-5-3-2-4-6-9/h2-6,8,10H,7H2,1H3,(H,19,20)(H2,14,15,16,17,21)/t10-/m1/s1. The minimum atomic E-state index is -1.10. The Hall–Kier alpha value is -2.90. The van der Waals surface area contributed by atoms with Gasteiger partial charge in [-0.05, 0) is 5.56 Å².